The summed E-state index contributed by atoms with van der Waals surface area (Å²) in [4.78, 5) is 4.37. The summed E-state index contributed by atoms with van der Waals surface area (Å²) in [5.74, 6) is 0.0942. The van der Waals surface area contributed by atoms with Crippen molar-refractivity contribution >= 4 is 32.5 Å². The number of benzene rings is 2. The third-order valence-corrected chi connectivity index (χ3v) is 5.69. The van der Waals surface area contributed by atoms with Crippen molar-refractivity contribution in [2.45, 2.75) is 25.0 Å². The van der Waals surface area contributed by atoms with Crippen LogP contribution in [0.1, 0.15) is 18.9 Å². The number of halogens is 1. The molecular formula is C17H17ClN2O2S. The molecule has 3 rings (SSSR count). The van der Waals surface area contributed by atoms with Crippen molar-refractivity contribution in [3.63, 3.8) is 0 Å². The van der Waals surface area contributed by atoms with Gasteiger partial charge in [0.05, 0.1) is 23.3 Å². The van der Waals surface area contributed by atoms with E-state index in [0.717, 1.165) is 11.1 Å². The molecule has 0 saturated heterocycles. The first-order chi connectivity index (χ1) is 11.0. The van der Waals surface area contributed by atoms with Gasteiger partial charge < -0.3 is 4.57 Å². The highest BCUT2D eigenvalue weighted by atomic mass is 35.5. The maximum atomic E-state index is 12.6. The minimum atomic E-state index is -3.41. The molecule has 0 aliphatic heterocycles. The lowest BCUT2D eigenvalue weighted by Crippen LogP contribution is -2.14. The Balaban J connectivity index is 2.15. The molecule has 1 aromatic heterocycles. The molecule has 2 aromatic carbocycles. The standard InChI is InChI=1S/C17H17ClN2O2S/c1-2-11-23(21,22)17-19-15-5-3-4-6-16(15)20(17)12-13-7-9-14(18)10-8-13/h3-10H,2,11-12H2,1H3. The fourth-order valence-corrected chi connectivity index (χ4v) is 4.16. The van der Waals surface area contributed by atoms with Crippen molar-refractivity contribution in [2.24, 2.45) is 0 Å². The number of para-hydroxylation sites is 2. The van der Waals surface area contributed by atoms with Crippen LogP contribution in [0.2, 0.25) is 5.02 Å². The van der Waals surface area contributed by atoms with Crippen molar-refractivity contribution in [3.05, 3.63) is 59.1 Å². The minimum absolute atomic E-state index is 0.0942. The zero-order valence-corrected chi connectivity index (χ0v) is 14.3. The Morgan fingerprint density at radius 2 is 1.78 bits per heavy atom. The summed E-state index contributed by atoms with van der Waals surface area (Å²) in [6.07, 6.45) is 0.562. The van der Waals surface area contributed by atoms with Gasteiger partial charge in [-0.15, -0.1) is 0 Å². The van der Waals surface area contributed by atoms with Crippen LogP contribution in [-0.2, 0) is 16.4 Å². The third kappa shape index (κ3) is 3.26. The van der Waals surface area contributed by atoms with Gasteiger partial charge in [-0.3, -0.25) is 0 Å². The van der Waals surface area contributed by atoms with Gasteiger partial charge in [-0.2, -0.15) is 0 Å². The van der Waals surface area contributed by atoms with Crippen LogP contribution in [0.5, 0.6) is 0 Å². The summed E-state index contributed by atoms with van der Waals surface area (Å²) < 4.78 is 26.9. The van der Waals surface area contributed by atoms with Crippen LogP contribution in [0.15, 0.2) is 53.7 Å². The number of sulfone groups is 1. The van der Waals surface area contributed by atoms with Crippen LogP contribution in [0, 0.1) is 0 Å². The summed E-state index contributed by atoms with van der Waals surface area (Å²) in [7, 11) is -3.41. The van der Waals surface area contributed by atoms with E-state index in [9.17, 15) is 8.42 Å². The first-order valence-electron chi connectivity index (χ1n) is 7.44. The highest BCUT2D eigenvalue weighted by Crippen LogP contribution is 2.22. The van der Waals surface area contributed by atoms with Gasteiger partial charge in [0.25, 0.3) is 0 Å². The SMILES string of the molecule is CCCS(=O)(=O)c1nc2ccccc2n1Cc1ccc(Cl)cc1. The molecule has 0 unspecified atom stereocenters. The van der Waals surface area contributed by atoms with Gasteiger partial charge >= 0.3 is 0 Å². The highest BCUT2D eigenvalue weighted by Gasteiger charge is 2.22. The highest BCUT2D eigenvalue weighted by molar-refractivity contribution is 7.91. The Morgan fingerprint density at radius 3 is 2.48 bits per heavy atom. The molecule has 3 aromatic rings. The van der Waals surface area contributed by atoms with Crippen LogP contribution in [-0.4, -0.2) is 23.7 Å². The lowest BCUT2D eigenvalue weighted by atomic mass is 10.2. The summed E-state index contributed by atoms with van der Waals surface area (Å²) in [6.45, 7) is 2.29. The topological polar surface area (TPSA) is 52.0 Å². The molecular weight excluding hydrogens is 332 g/mol. The van der Waals surface area contributed by atoms with Crippen molar-refractivity contribution in [1.82, 2.24) is 9.55 Å². The van der Waals surface area contributed by atoms with E-state index < -0.39 is 9.84 Å². The number of imidazole rings is 1. The average molecular weight is 349 g/mol. The van der Waals surface area contributed by atoms with Crippen LogP contribution in [0.25, 0.3) is 11.0 Å². The monoisotopic (exact) mass is 348 g/mol. The molecule has 0 saturated carbocycles. The molecule has 0 bridgehead atoms. The van der Waals surface area contributed by atoms with E-state index in [-0.39, 0.29) is 10.9 Å². The Kier molecular flexibility index (Phi) is 4.41. The lowest BCUT2D eigenvalue weighted by molar-refractivity contribution is 0.574. The lowest BCUT2D eigenvalue weighted by Gasteiger charge is -2.10. The van der Waals surface area contributed by atoms with E-state index in [1.807, 2.05) is 43.3 Å². The first kappa shape index (κ1) is 16.0. The molecule has 0 amide bonds. The maximum Gasteiger partial charge on any atom is 0.229 e. The van der Waals surface area contributed by atoms with E-state index in [1.54, 1.807) is 16.7 Å². The zero-order chi connectivity index (χ0) is 16.4. The maximum absolute atomic E-state index is 12.6. The van der Waals surface area contributed by atoms with Gasteiger partial charge in [0, 0.05) is 5.02 Å². The second-order valence-corrected chi connectivity index (χ2v) is 7.85. The van der Waals surface area contributed by atoms with Crippen molar-refractivity contribution < 1.29 is 8.42 Å². The van der Waals surface area contributed by atoms with E-state index in [1.165, 1.54) is 0 Å². The molecule has 120 valence electrons. The number of hydrogen-bond acceptors (Lipinski definition) is 3. The molecule has 0 N–H and O–H groups in total. The number of aromatic nitrogens is 2. The minimum Gasteiger partial charge on any atom is -0.310 e. The van der Waals surface area contributed by atoms with Crippen LogP contribution in [0.4, 0.5) is 0 Å². The average Bonchev–Trinajstić information content (AvgIpc) is 2.89. The smallest absolute Gasteiger partial charge is 0.229 e. The predicted octanol–water partition coefficient (Wildman–Crippen LogP) is 3.92. The zero-order valence-electron chi connectivity index (χ0n) is 12.7. The summed E-state index contributed by atoms with van der Waals surface area (Å²) in [5.41, 5.74) is 2.48. The molecule has 0 aliphatic rings. The fraction of sp³-hybridized carbons (Fsp3) is 0.235. The van der Waals surface area contributed by atoms with E-state index in [0.29, 0.717) is 23.5 Å². The molecule has 1 heterocycles. The summed E-state index contributed by atoms with van der Waals surface area (Å²) >= 11 is 5.92. The second-order valence-electron chi connectivity index (χ2n) is 5.41. The molecule has 4 nitrogen and oxygen atoms in total. The summed E-state index contributed by atoms with van der Waals surface area (Å²) in [5, 5.41) is 0.790. The van der Waals surface area contributed by atoms with Crippen molar-refractivity contribution in [1.29, 1.82) is 0 Å². The molecule has 6 heteroatoms. The Bertz CT molecular complexity index is 931. The van der Waals surface area contributed by atoms with Gasteiger partial charge in [-0.1, -0.05) is 42.8 Å². The number of fused-ring (bicyclic) bond motifs is 1. The summed E-state index contributed by atoms with van der Waals surface area (Å²) in [6, 6.07) is 14.9. The van der Waals surface area contributed by atoms with Crippen molar-refractivity contribution in [2.75, 3.05) is 5.75 Å². The van der Waals surface area contributed by atoms with Crippen molar-refractivity contribution in [3.8, 4) is 0 Å². The van der Waals surface area contributed by atoms with Gasteiger partial charge in [0.15, 0.2) is 0 Å². The number of rotatable bonds is 5. The predicted molar refractivity (Wildman–Crippen MR) is 92.6 cm³/mol. The Labute approximate surface area is 140 Å². The second kappa shape index (κ2) is 6.34. The Hall–Kier alpha value is -1.85. The number of hydrogen-bond donors (Lipinski definition) is 0. The van der Waals surface area contributed by atoms with Gasteiger partial charge in [-0.25, -0.2) is 13.4 Å². The molecule has 0 aliphatic carbocycles. The molecule has 0 radical (unpaired) electrons. The molecule has 23 heavy (non-hydrogen) atoms. The van der Waals surface area contributed by atoms with E-state index in [4.69, 9.17) is 11.6 Å². The molecule has 0 atom stereocenters. The van der Waals surface area contributed by atoms with E-state index in [2.05, 4.69) is 4.98 Å². The normalized spacial score (nSPS) is 11.9. The van der Waals surface area contributed by atoms with Gasteiger partial charge in [0.2, 0.25) is 15.0 Å². The van der Waals surface area contributed by atoms with Gasteiger partial charge in [0.1, 0.15) is 0 Å². The van der Waals surface area contributed by atoms with Crippen LogP contribution < -0.4 is 0 Å². The van der Waals surface area contributed by atoms with Crippen LogP contribution in [0.3, 0.4) is 0 Å². The third-order valence-electron chi connectivity index (χ3n) is 3.62. The Morgan fingerprint density at radius 1 is 1.09 bits per heavy atom. The fourth-order valence-electron chi connectivity index (χ4n) is 2.58. The van der Waals surface area contributed by atoms with E-state index >= 15 is 0 Å². The van der Waals surface area contributed by atoms with Crippen LogP contribution >= 0.6 is 11.6 Å². The largest absolute Gasteiger partial charge is 0.310 e. The first-order valence-corrected chi connectivity index (χ1v) is 9.47. The number of nitrogens with zero attached hydrogens (tertiary/aromatic N) is 2. The van der Waals surface area contributed by atoms with Gasteiger partial charge in [-0.05, 0) is 36.2 Å². The molecule has 0 spiro atoms. The molecule has 0 fully saturated rings. The quantitative estimate of drug-likeness (QED) is 0.702.